The average Bonchev–Trinajstić information content (AvgIpc) is 3.63. The van der Waals surface area contributed by atoms with Crippen LogP contribution in [-0.4, -0.2) is 96.5 Å². The van der Waals surface area contributed by atoms with Gasteiger partial charge in [-0.25, -0.2) is 9.97 Å². The molecule has 258 valence electrons. The van der Waals surface area contributed by atoms with Crippen LogP contribution in [0.15, 0.2) is 61.2 Å². The number of rotatable bonds is 11. The van der Waals surface area contributed by atoms with Crippen molar-refractivity contribution >= 4 is 70.5 Å². The van der Waals surface area contributed by atoms with Crippen LogP contribution in [0, 0.1) is 0 Å². The summed E-state index contributed by atoms with van der Waals surface area (Å²) in [6.07, 6.45) is 9.89. The minimum absolute atomic E-state index is 0.250. The number of imidazole rings is 1. The van der Waals surface area contributed by atoms with E-state index in [2.05, 4.69) is 51.0 Å². The Morgan fingerprint density at radius 3 is 2.53 bits per heavy atom. The number of benzene rings is 2. The second kappa shape index (κ2) is 15.4. The third-order valence-corrected chi connectivity index (χ3v) is 10.5. The van der Waals surface area contributed by atoms with Gasteiger partial charge in [-0.3, -0.25) is 9.69 Å². The molecule has 0 unspecified atom stereocenters. The molecule has 4 heterocycles. The number of piperidine rings is 1. The van der Waals surface area contributed by atoms with Crippen LogP contribution in [0.2, 0.25) is 5.02 Å². The number of piperazine rings is 1. The van der Waals surface area contributed by atoms with Gasteiger partial charge < -0.3 is 40.5 Å². The highest BCUT2D eigenvalue weighted by Gasteiger charge is 2.28. The van der Waals surface area contributed by atoms with Crippen LogP contribution >= 0.6 is 18.7 Å². The minimum Gasteiger partial charge on any atom is -0.494 e. The molecule has 0 atom stereocenters. The number of nitrogens with zero attached hydrogens (tertiary/aromatic N) is 5. The Kier molecular flexibility index (Phi) is 10.8. The van der Waals surface area contributed by atoms with Crippen molar-refractivity contribution in [3.05, 3.63) is 71.9 Å². The zero-order chi connectivity index (χ0) is 34.4. The summed E-state index contributed by atoms with van der Waals surface area (Å²) in [5, 5.41) is 14.0. The predicted octanol–water partition coefficient (Wildman–Crippen LogP) is 5.12. The van der Waals surface area contributed by atoms with Crippen LogP contribution in [0.1, 0.15) is 18.5 Å². The van der Waals surface area contributed by atoms with Gasteiger partial charge in [0.25, 0.3) is 0 Å². The highest BCUT2D eigenvalue weighted by atomic mass is 35.5. The van der Waals surface area contributed by atoms with Crippen LogP contribution in [0.5, 0.6) is 5.75 Å². The van der Waals surface area contributed by atoms with Crippen molar-refractivity contribution < 1.29 is 14.1 Å². The standard InChI is InChI=1S/C34H42ClN10O3P/c1-48-30-19-29(45-14-10-24(11-15-45)44-16-12-36-13-17-44)27(40-32(46)9-8-23-20-37-22-39-23)18-28(30)42-34-38-21-25(35)33(43-34)41-26-6-4-5-7-31(26)49(2,3)47/h4-9,18-22,24,36H,10-17H2,1-3H3,(H,37,39)(H,40,46)(H2,38,41,42,43)/b9-8+. The first-order valence-corrected chi connectivity index (χ1v) is 19.3. The Bertz CT molecular complexity index is 1830. The van der Waals surface area contributed by atoms with Crippen LogP contribution in [0.3, 0.4) is 0 Å². The summed E-state index contributed by atoms with van der Waals surface area (Å²) >= 11 is 6.51. The third-order valence-electron chi connectivity index (χ3n) is 8.71. The van der Waals surface area contributed by atoms with E-state index in [4.69, 9.17) is 16.3 Å². The van der Waals surface area contributed by atoms with Gasteiger partial charge >= 0.3 is 0 Å². The number of amides is 1. The molecule has 2 saturated heterocycles. The molecule has 49 heavy (non-hydrogen) atoms. The molecule has 0 radical (unpaired) electrons. The Labute approximate surface area is 291 Å². The lowest BCUT2D eigenvalue weighted by molar-refractivity contribution is -0.111. The normalized spacial score (nSPS) is 16.1. The summed E-state index contributed by atoms with van der Waals surface area (Å²) in [5.41, 5.74) is 3.40. The minimum atomic E-state index is -2.58. The summed E-state index contributed by atoms with van der Waals surface area (Å²) in [7, 11) is -0.980. The van der Waals surface area contributed by atoms with Crippen molar-refractivity contribution in [2.75, 3.05) is 80.6 Å². The summed E-state index contributed by atoms with van der Waals surface area (Å²) in [5.74, 6) is 0.863. The molecule has 13 nitrogen and oxygen atoms in total. The molecule has 6 rings (SSSR count). The van der Waals surface area contributed by atoms with Gasteiger partial charge in [-0.15, -0.1) is 0 Å². The summed E-state index contributed by atoms with van der Waals surface area (Å²) in [6, 6.07) is 11.7. The van der Waals surface area contributed by atoms with Crippen LogP contribution < -0.4 is 36.2 Å². The number of carbonyl (C=O) groups is 1. The fourth-order valence-corrected chi connectivity index (χ4v) is 7.52. The zero-order valence-corrected chi connectivity index (χ0v) is 29.5. The lowest BCUT2D eigenvalue weighted by Crippen LogP contribution is -2.52. The van der Waals surface area contributed by atoms with Crippen molar-refractivity contribution in [2.24, 2.45) is 0 Å². The second-order valence-corrected chi connectivity index (χ2v) is 16.0. The van der Waals surface area contributed by atoms with E-state index in [1.165, 1.54) is 12.3 Å². The van der Waals surface area contributed by atoms with Gasteiger partial charge in [-0.2, -0.15) is 4.98 Å². The molecule has 2 aliphatic heterocycles. The topological polar surface area (TPSA) is 152 Å². The lowest BCUT2D eigenvalue weighted by atomic mass is 10.0. The van der Waals surface area contributed by atoms with Gasteiger partial charge in [-0.1, -0.05) is 23.7 Å². The first-order chi connectivity index (χ1) is 23.7. The number of hydrogen-bond donors (Lipinski definition) is 5. The second-order valence-electron chi connectivity index (χ2n) is 12.4. The van der Waals surface area contributed by atoms with Crippen molar-refractivity contribution in [1.29, 1.82) is 0 Å². The van der Waals surface area contributed by atoms with E-state index in [0.717, 1.165) is 63.5 Å². The van der Waals surface area contributed by atoms with Crippen molar-refractivity contribution in [2.45, 2.75) is 18.9 Å². The maximum absolute atomic E-state index is 13.2. The monoisotopic (exact) mass is 704 g/mol. The number of carbonyl (C=O) groups excluding carboxylic acids is 1. The van der Waals surface area contributed by atoms with Crippen LogP contribution in [0.25, 0.3) is 6.08 Å². The van der Waals surface area contributed by atoms with Crippen molar-refractivity contribution in [3.63, 3.8) is 0 Å². The molecule has 4 aromatic rings. The number of nitrogens with one attached hydrogen (secondary N) is 5. The maximum Gasteiger partial charge on any atom is 0.248 e. The average molecular weight is 705 g/mol. The number of H-pyrrole nitrogens is 1. The third kappa shape index (κ3) is 8.60. The fourth-order valence-electron chi connectivity index (χ4n) is 6.23. The van der Waals surface area contributed by atoms with E-state index in [9.17, 15) is 9.36 Å². The number of hydrogen-bond acceptors (Lipinski definition) is 11. The maximum atomic E-state index is 13.2. The number of methoxy groups -OCH3 is 1. The predicted molar refractivity (Wildman–Crippen MR) is 198 cm³/mol. The highest BCUT2D eigenvalue weighted by molar-refractivity contribution is 7.70. The van der Waals surface area contributed by atoms with E-state index in [1.807, 2.05) is 36.4 Å². The lowest BCUT2D eigenvalue weighted by Gasteiger charge is -2.41. The number of ether oxygens (including phenoxy) is 1. The Hall–Kier alpha value is -4.42. The number of halogens is 1. The van der Waals surface area contributed by atoms with Gasteiger partial charge in [0.1, 0.15) is 17.9 Å². The van der Waals surface area contributed by atoms with E-state index >= 15 is 0 Å². The molecule has 0 bridgehead atoms. The molecular weight excluding hydrogens is 663 g/mol. The molecule has 2 fully saturated rings. The molecule has 2 aromatic carbocycles. The zero-order valence-electron chi connectivity index (χ0n) is 27.9. The first kappa shape index (κ1) is 34.4. The van der Waals surface area contributed by atoms with Crippen molar-refractivity contribution in [1.82, 2.24) is 30.2 Å². The molecule has 1 amide bonds. The van der Waals surface area contributed by atoms with E-state index in [1.54, 1.807) is 39.0 Å². The van der Waals surface area contributed by atoms with Crippen LogP contribution in [0.4, 0.5) is 34.5 Å². The molecule has 2 aliphatic rings. The molecule has 0 aliphatic carbocycles. The van der Waals surface area contributed by atoms with Crippen molar-refractivity contribution in [3.8, 4) is 5.75 Å². The number of anilines is 6. The first-order valence-electron chi connectivity index (χ1n) is 16.3. The van der Waals surface area contributed by atoms with E-state index < -0.39 is 7.14 Å². The molecule has 0 spiro atoms. The molecule has 15 heteroatoms. The Balaban J connectivity index is 1.28. The largest absolute Gasteiger partial charge is 0.494 e. The van der Waals surface area contributed by atoms with Crippen LogP contribution in [-0.2, 0) is 9.36 Å². The summed E-state index contributed by atoms with van der Waals surface area (Å²) < 4.78 is 18.8. The fraction of sp³-hybridized carbons (Fsp3) is 0.353. The molecule has 0 saturated carbocycles. The van der Waals surface area contributed by atoms with E-state index in [-0.39, 0.29) is 11.9 Å². The quantitative estimate of drug-likeness (QED) is 0.104. The molecule has 5 N–H and O–H groups in total. The van der Waals surface area contributed by atoms with Gasteiger partial charge in [0.05, 0.1) is 54.3 Å². The smallest absolute Gasteiger partial charge is 0.248 e. The van der Waals surface area contributed by atoms with Gasteiger partial charge in [0, 0.05) is 62.8 Å². The number of aromatic amines is 1. The Morgan fingerprint density at radius 2 is 1.82 bits per heavy atom. The Morgan fingerprint density at radius 1 is 1.04 bits per heavy atom. The summed E-state index contributed by atoms with van der Waals surface area (Å²) in [4.78, 5) is 34.1. The molecule has 2 aromatic heterocycles. The van der Waals surface area contributed by atoms with Gasteiger partial charge in [0.15, 0.2) is 5.82 Å². The summed E-state index contributed by atoms with van der Waals surface area (Å²) in [6.45, 7) is 9.31. The highest BCUT2D eigenvalue weighted by Crippen LogP contribution is 2.41. The van der Waals surface area contributed by atoms with E-state index in [0.29, 0.717) is 45.0 Å². The van der Waals surface area contributed by atoms with Gasteiger partial charge in [0.2, 0.25) is 11.9 Å². The van der Waals surface area contributed by atoms with Gasteiger partial charge in [-0.05, 0) is 50.4 Å². The number of aromatic nitrogens is 4. The number of para-hydroxylation sites is 1. The molecular formula is C34H42ClN10O3P. The SMILES string of the molecule is COc1cc(N2CCC(N3CCNCC3)CC2)c(NC(=O)/C=C/c2cnc[nH]2)cc1Nc1ncc(Cl)c(Nc2ccccc2P(C)(C)=O)n1.